The molecule has 0 atom stereocenters. The van der Waals surface area contributed by atoms with E-state index in [0.29, 0.717) is 31.1 Å². The van der Waals surface area contributed by atoms with Gasteiger partial charge in [-0.2, -0.15) is 4.98 Å². The van der Waals surface area contributed by atoms with Gasteiger partial charge in [0, 0.05) is 38.0 Å². The SMILES string of the molecule is CCOC(C#Cc1cnc(Cl)nc1NCCN(C(=O)O)C(C)(C)C)OCC. The second-order valence-corrected chi connectivity index (χ2v) is 6.78. The van der Waals surface area contributed by atoms with Crippen molar-refractivity contribution >= 4 is 23.5 Å². The Bertz CT molecular complexity index is 676. The minimum absolute atomic E-state index is 0.0696. The van der Waals surface area contributed by atoms with Crippen LogP contribution in [0.25, 0.3) is 0 Å². The third-order valence-corrected chi connectivity index (χ3v) is 3.57. The third-order valence-electron chi connectivity index (χ3n) is 3.39. The molecule has 1 amide bonds. The second kappa shape index (κ2) is 10.9. The second-order valence-electron chi connectivity index (χ2n) is 6.45. The van der Waals surface area contributed by atoms with Gasteiger partial charge in [-0.3, -0.25) is 0 Å². The minimum Gasteiger partial charge on any atom is -0.465 e. The Morgan fingerprint density at radius 2 is 2.00 bits per heavy atom. The predicted molar refractivity (Wildman–Crippen MR) is 104 cm³/mol. The Balaban J connectivity index is 2.90. The number of rotatable bonds is 8. The van der Waals surface area contributed by atoms with E-state index in [1.807, 2.05) is 34.6 Å². The molecule has 8 nitrogen and oxygen atoms in total. The fraction of sp³-hybridized carbons (Fsp3) is 0.611. The molecule has 0 radical (unpaired) electrons. The summed E-state index contributed by atoms with van der Waals surface area (Å²) < 4.78 is 10.8. The average Bonchev–Trinajstić information content (AvgIpc) is 2.56. The van der Waals surface area contributed by atoms with Crippen LogP contribution in [0.3, 0.4) is 0 Å². The summed E-state index contributed by atoms with van der Waals surface area (Å²) in [7, 11) is 0. The lowest BCUT2D eigenvalue weighted by atomic mass is 10.1. The number of amides is 1. The summed E-state index contributed by atoms with van der Waals surface area (Å²) in [4.78, 5) is 20.8. The van der Waals surface area contributed by atoms with E-state index in [4.69, 9.17) is 21.1 Å². The summed E-state index contributed by atoms with van der Waals surface area (Å²) in [5.41, 5.74) is 0.00299. The highest BCUT2D eigenvalue weighted by atomic mass is 35.5. The molecule has 0 saturated heterocycles. The van der Waals surface area contributed by atoms with Crippen LogP contribution in [0.4, 0.5) is 10.6 Å². The number of carbonyl (C=O) groups is 1. The van der Waals surface area contributed by atoms with Crippen LogP contribution in [0.15, 0.2) is 6.20 Å². The first-order valence-corrected chi connectivity index (χ1v) is 9.08. The molecule has 0 saturated carbocycles. The van der Waals surface area contributed by atoms with Gasteiger partial charge >= 0.3 is 6.09 Å². The van der Waals surface area contributed by atoms with Gasteiger partial charge in [-0.15, -0.1) is 0 Å². The molecule has 0 aliphatic rings. The van der Waals surface area contributed by atoms with Crippen LogP contribution in [0.2, 0.25) is 5.28 Å². The van der Waals surface area contributed by atoms with Crippen molar-refractivity contribution in [3.05, 3.63) is 17.0 Å². The Morgan fingerprint density at radius 1 is 1.37 bits per heavy atom. The van der Waals surface area contributed by atoms with Gasteiger partial charge in [-0.05, 0) is 52.1 Å². The van der Waals surface area contributed by atoms with Crippen molar-refractivity contribution in [1.82, 2.24) is 14.9 Å². The van der Waals surface area contributed by atoms with Crippen molar-refractivity contribution < 1.29 is 19.4 Å². The first-order chi connectivity index (χ1) is 12.7. The maximum absolute atomic E-state index is 11.4. The molecule has 1 aromatic heterocycles. The Labute approximate surface area is 165 Å². The van der Waals surface area contributed by atoms with Crippen LogP contribution in [-0.4, -0.2) is 64.2 Å². The zero-order valence-electron chi connectivity index (χ0n) is 16.4. The van der Waals surface area contributed by atoms with E-state index in [9.17, 15) is 9.90 Å². The van der Waals surface area contributed by atoms with Crippen molar-refractivity contribution in [3.8, 4) is 11.8 Å². The molecule has 0 aliphatic heterocycles. The summed E-state index contributed by atoms with van der Waals surface area (Å²) >= 11 is 5.88. The smallest absolute Gasteiger partial charge is 0.407 e. The van der Waals surface area contributed by atoms with Gasteiger partial charge in [0.2, 0.25) is 11.6 Å². The minimum atomic E-state index is -0.985. The summed E-state index contributed by atoms with van der Waals surface area (Å²) in [5.74, 6) is 6.23. The van der Waals surface area contributed by atoms with Crippen molar-refractivity contribution in [1.29, 1.82) is 0 Å². The molecule has 27 heavy (non-hydrogen) atoms. The number of hydrogen-bond acceptors (Lipinski definition) is 6. The number of nitrogens with zero attached hydrogens (tertiary/aromatic N) is 3. The molecule has 0 spiro atoms. The number of hydrogen-bond donors (Lipinski definition) is 2. The van der Waals surface area contributed by atoms with Crippen LogP contribution in [-0.2, 0) is 9.47 Å². The topological polar surface area (TPSA) is 96.8 Å². The van der Waals surface area contributed by atoms with Crippen molar-refractivity contribution in [2.75, 3.05) is 31.6 Å². The molecule has 1 aromatic rings. The van der Waals surface area contributed by atoms with E-state index >= 15 is 0 Å². The van der Waals surface area contributed by atoms with Gasteiger partial charge in [0.1, 0.15) is 5.82 Å². The molecule has 0 bridgehead atoms. The molecule has 0 unspecified atom stereocenters. The van der Waals surface area contributed by atoms with E-state index in [2.05, 4.69) is 27.1 Å². The van der Waals surface area contributed by atoms with E-state index in [1.165, 1.54) is 11.1 Å². The van der Waals surface area contributed by atoms with Gasteiger partial charge in [0.15, 0.2) is 0 Å². The summed E-state index contributed by atoms with van der Waals surface area (Å²) in [6, 6.07) is 0. The van der Waals surface area contributed by atoms with E-state index < -0.39 is 17.9 Å². The molecular formula is C18H27ClN4O4. The van der Waals surface area contributed by atoms with Crippen LogP contribution in [0.5, 0.6) is 0 Å². The Hall–Kier alpha value is -2.08. The highest BCUT2D eigenvalue weighted by Gasteiger charge is 2.25. The molecular weight excluding hydrogens is 372 g/mol. The van der Waals surface area contributed by atoms with Crippen molar-refractivity contribution in [2.45, 2.75) is 46.4 Å². The van der Waals surface area contributed by atoms with Gasteiger partial charge in [-0.25, -0.2) is 9.78 Å². The Kier molecular flexibility index (Phi) is 9.29. The number of anilines is 1. The Morgan fingerprint density at radius 3 is 2.52 bits per heavy atom. The maximum atomic E-state index is 11.4. The van der Waals surface area contributed by atoms with Crippen LogP contribution in [0, 0.1) is 11.8 Å². The molecule has 0 aromatic carbocycles. The fourth-order valence-electron chi connectivity index (χ4n) is 2.16. The largest absolute Gasteiger partial charge is 0.465 e. The van der Waals surface area contributed by atoms with Crippen molar-refractivity contribution in [2.24, 2.45) is 0 Å². The third kappa shape index (κ3) is 7.99. The number of nitrogens with one attached hydrogen (secondary N) is 1. The van der Waals surface area contributed by atoms with Crippen LogP contribution in [0.1, 0.15) is 40.2 Å². The van der Waals surface area contributed by atoms with Gasteiger partial charge < -0.3 is 24.8 Å². The molecule has 2 N–H and O–H groups in total. The lowest BCUT2D eigenvalue weighted by molar-refractivity contribution is -0.0969. The molecule has 0 aliphatic carbocycles. The standard InChI is InChI=1S/C18H27ClN4O4/c1-6-26-14(27-7-2)9-8-13-12-21-16(19)22-15(13)20-10-11-23(17(24)25)18(3,4)5/h12,14H,6-7,10-11H2,1-5H3,(H,24,25)(H,20,21,22). The van der Waals surface area contributed by atoms with Crippen LogP contribution >= 0.6 is 11.6 Å². The quantitative estimate of drug-likeness (QED) is 0.394. The number of halogens is 1. The molecule has 150 valence electrons. The highest BCUT2D eigenvalue weighted by molar-refractivity contribution is 6.28. The van der Waals surface area contributed by atoms with E-state index in [0.717, 1.165) is 0 Å². The maximum Gasteiger partial charge on any atom is 0.407 e. The van der Waals surface area contributed by atoms with Gasteiger partial charge in [-0.1, -0.05) is 5.92 Å². The molecule has 9 heteroatoms. The molecule has 1 rings (SSSR count). The van der Waals surface area contributed by atoms with Crippen molar-refractivity contribution in [3.63, 3.8) is 0 Å². The number of ether oxygens (including phenoxy) is 2. The summed E-state index contributed by atoms with van der Waals surface area (Å²) in [6.45, 7) is 10.8. The summed E-state index contributed by atoms with van der Waals surface area (Å²) in [6.07, 6.45) is -0.133. The average molecular weight is 399 g/mol. The first-order valence-electron chi connectivity index (χ1n) is 8.70. The van der Waals surface area contributed by atoms with Crippen LogP contribution < -0.4 is 5.32 Å². The zero-order valence-corrected chi connectivity index (χ0v) is 17.1. The lowest BCUT2D eigenvalue weighted by Crippen LogP contribution is -2.47. The lowest BCUT2D eigenvalue weighted by Gasteiger charge is -2.33. The first kappa shape index (κ1) is 23.0. The molecule has 0 fully saturated rings. The number of aromatic nitrogens is 2. The zero-order chi connectivity index (χ0) is 20.4. The summed E-state index contributed by atoms with van der Waals surface area (Å²) in [5, 5.41) is 12.5. The fourth-order valence-corrected chi connectivity index (χ4v) is 2.29. The molecule has 1 heterocycles. The normalized spacial score (nSPS) is 11.1. The van der Waals surface area contributed by atoms with Gasteiger partial charge in [0.05, 0.1) is 5.56 Å². The van der Waals surface area contributed by atoms with E-state index in [-0.39, 0.29) is 11.8 Å². The predicted octanol–water partition coefficient (Wildman–Crippen LogP) is 3.07. The number of carboxylic acid groups (broad SMARTS) is 1. The van der Waals surface area contributed by atoms with Gasteiger partial charge in [0.25, 0.3) is 0 Å². The van der Waals surface area contributed by atoms with E-state index in [1.54, 1.807) is 0 Å². The highest BCUT2D eigenvalue weighted by Crippen LogP contribution is 2.15. The monoisotopic (exact) mass is 398 g/mol.